The lowest BCUT2D eigenvalue weighted by atomic mass is 9.96. The summed E-state index contributed by atoms with van der Waals surface area (Å²) in [6.07, 6.45) is 6.06. The zero-order chi connectivity index (χ0) is 29.0. The van der Waals surface area contributed by atoms with Crippen LogP contribution in [0.25, 0.3) is 44.5 Å². The van der Waals surface area contributed by atoms with E-state index in [9.17, 15) is 4.79 Å². The van der Waals surface area contributed by atoms with Gasteiger partial charge in [-0.1, -0.05) is 30.8 Å². The van der Waals surface area contributed by atoms with Gasteiger partial charge in [0.05, 0.1) is 11.9 Å². The maximum absolute atomic E-state index is 12.7. The Morgan fingerprint density at radius 3 is 2.40 bits per heavy atom. The SMILES string of the molecule is C=CC(=O)N1CCc2ccc(-c3c(-c4ccc(N5CCN(C)CC5)cc4)[nH]c4ncc(-c5cnn(C)c5C)cc34)cc21. The Morgan fingerprint density at radius 1 is 0.929 bits per heavy atom. The fourth-order valence-corrected chi connectivity index (χ4v) is 6.29. The van der Waals surface area contributed by atoms with Crippen molar-refractivity contribution in [2.45, 2.75) is 13.3 Å². The number of anilines is 2. The van der Waals surface area contributed by atoms with Crippen LogP contribution >= 0.6 is 0 Å². The van der Waals surface area contributed by atoms with E-state index >= 15 is 0 Å². The second kappa shape index (κ2) is 10.3. The van der Waals surface area contributed by atoms with Gasteiger partial charge in [0.2, 0.25) is 5.91 Å². The summed E-state index contributed by atoms with van der Waals surface area (Å²) in [5.41, 5.74) is 11.6. The molecule has 2 aliphatic rings. The molecule has 2 aromatic carbocycles. The first-order valence-electron chi connectivity index (χ1n) is 14.5. The molecule has 0 spiro atoms. The minimum absolute atomic E-state index is 0.0689. The molecule has 8 heteroatoms. The van der Waals surface area contributed by atoms with Crippen molar-refractivity contribution in [3.63, 3.8) is 0 Å². The van der Waals surface area contributed by atoms with Crippen LogP contribution in [0, 0.1) is 6.92 Å². The lowest BCUT2D eigenvalue weighted by molar-refractivity contribution is -0.114. The van der Waals surface area contributed by atoms with Gasteiger partial charge >= 0.3 is 0 Å². The second-order valence-electron chi connectivity index (χ2n) is 11.4. The number of amides is 1. The molecular weight excluding hydrogens is 522 g/mol. The number of piperazine rings is 1. The Bertz CT molecular complexity index is 1820. The summed E-state index contributed by atoms with van der Waals surface area (Å²) >= 11 is 0. The zero-order valence-electron chi connectivity index (χ0n) is 24.4. The third-order valence-electron chi connectivity index (χ3n) is 8.93. The van der Waals surface area contributed by atoms with Crippen molar-refractivity contribution in [1.29, 1.82) is 0 Å². The Kier molecular flexibility index (Phi) is 6.43. The summed E-state index contributed by atoms with van der Waals surface area (Å²) in [7, 11) is 4.13. The summed E-state index contributed by atoms with van der Waals surface area (Å²) in [5, 5.41) is 5.49. The van der Waals surface area contributed by atoms with Gasteiger partial charge in [0.1, 0.15) is 5.65 Å². The fourth-order valence-electron chi connectivity index (χ4n) is 6.29. The number of nitrogens with zero attached hydrogens (tertiary/aromatic N) is 6. The Balaban J connectivity index is 1.38. The first kappa shape index (κ1) is 26.2. The number of hydrogen-bond donors (Lipinski definition) is 1. The molecule has 0 saturated carbocycles. The van der Waals surface area contributed by atoms with Crippen molar-refractivity contribution in [2.75, 3.05) is 49.6 Å². The minimum atomic E-state index is -0.0689. The van der Waals surface area contributed by atoms with Crippen molar-refractivity contribution in [3.8, 4) is 33.5 Å². The Labute approximate surface area is 245 Å². The van der Waals surface area contributed by atoms with Crippen LogP contribution in [0.5, 0.6) is 0 Å². The molecule has 1 N–H and O–H groups in total. The summed E-state index contributed by atoms with van der Waals surface area (Å²) in [4.78, 5) is 27.8. The number of fused-ring (bicyclic) bond motifs is 2. The Morgan fingerprint density at radius 2 is 1.69 bits per heavy atom. The molecule has 0 atom stereocenters. The molecule has 42 heavy (non-hydrogen) atoms. The number of pyridine rings is 1. The van der Waals surface area contributed by atoms with E-state index in [0.717, 1.165) is 88.5 Å². The zero-order valence-corrected chi connectivity index (χ0v) is 24.4. The molecule has 212 valence electrons. The summed E-state index contributed by atoms with van der Waals surface area (Å²) < 4.78 is 1.89. The number of likely N-dealkylation sites (N-methyl/N-ethyl adjacent to an activating group) is 1. The van der Waals surface area contributed by atoms with E-state index < -0.39 is 0 Å². The van der Waals surface area contributed by atoms with Crippen molar-refractivity contribution < 1.29 is 4.79 Å². The maximum Gasteiger partial charge on any atom is 0.250 e. The smallest absolute Gasteiger partial charge is 0.250 e. The van der Waals surface area contributed by atoms with Crippen LogP contribution in [0.1, 0.15) is 11.3 Å². The highest BCUT2D eigenvalue weighted by atomic mass is 16.2. The van der Waals surface area contributed by atoms with Gasteiger partial charge in [0.15, 0.2) is 0 Å². The van der Waals surface area contributed by atoms with Gasteiger partial charge in [-0.3, -0.25) is 9.48 Å². The molecular formula is C34H35N7O. The standard InChI is InChI=1S/C34H35N7O/c1-5-31(42)41-13-12-23-6-7-25(19-30(23)41)32-28-18-26(29-21-36-39(4)22(29)2)20-35-34(28)37-33(32)24-8-10-27(11-9-24)40-16-14-38(3)15-17-40/h5-11,18-21H,1,12-17H2,2-4H3,(H,35,37). The number of nitrogens with one attached hydrogen (secondary N) is 1. The highest BCUT2D eigenvalue weighted by Gasteiger charge is 2.25. The van der Waals surface area contributed by atoms with Crippen LogP contribution in [0.4, 0.5) is 11.4 Å². The molecule has 1 fully saturated rings. The largest absolute Gasteiger partial charge is 0.369 e. The van der Waals surface area contributed by atoms with E-state index in [1.54, 1.807) is 0 Å². The number of aromatic nitrogens is 4. The average molecular weight is 558 g/mol. The van der Waals surface area contributed by atoms with Crippen LogP contribution in [-0.4, -0.2) is 70.3 Å². The number of aryl methyl sites for hydroxylation is 1. The van der Waals surface area contributed by atoms with Crippen LogP contribution in [0.3, 0.4) is 0 Å². The lowest BCUT2D eigenvalue weighted by Crippen LogP contribution is -2.44. The monoisotopic (exact) mass is 557 g/mol. The number of rotatable bonds is 5. The maximum atomic E-state index is 12.7. The summed E-state index contributed by atoms with van der Waals surface area (Å²) in [6, 6.07) is 17.5. The number of carbonyl (C=O) groups is 1. The first-order valence-corrected chi connectivity index (χ1v) is 14.5. The van der Waals surface area contributed by atoms with E-state index in [4.69, 9.17) is 4.98 Å². The summed E-state index contributed by atoms with van der Waals surface area (Å²) in [6.45, 7) is 10.7. The third kappa shape index (κ3) is 4.39. The molecule has 1 saturated heterocycles. The van der Waals surface area contributed by atoms with Crippen molar-refractivity contribution >= 4 is 28.3 Å². The van der Waals surface area contributed by atoms with Gasteiger partial charge in [0, 0.05) is 85.1 Å². The molecule has 1 amide bonds. The van der Waals surface area contributed by atoms with Crippen LogP contribution in [0.15, 0.2) is 73.6 Å². The Hall–Kier alpha value is -4.69. The topological polar surface area (TPSA) is 73.3 Å². The van der Waals surface area contributed by atoms with E-state index in [-0.39, 0.29) is 5.91 Å². The molecule has 2 aliphatic heterocycles. The van der Waals surface area contributed by atoms with Gasteiger partial charge in [0.25, 0.3) is 0 Å². The molecule has 0 radical (unpaired) electrons. The van der Waals surface area contributed by atoms with Gasteiger partial charge in [-0.15, -0.1) is 0 Å². The molecule has 7 rings (SSSR count). The normalized spacial score (nSPS) is 15.4. The van der Waals surface area contributed by atoms with Gasteiger partial charge in [-0.25, -0.2) is 4.98 Å². The highest BCUT2D eigenvalue weighted by molar-refractivity contribution is 6.06. The first-order chi connectivity index (χ1) is 20.4. The van der Waals surface area contributed by atoms with E-state index in [2.05, 4.69) is 89.0 Å². The number of hydrogen-bond acceptors (Lipinski definition) is 5. The molecule has 0 unspecified atom stereocenters. The number of benzene rings is 2. The quantitative estimate of drug-likeness (QED) is 0.292. The predicted molar refractivity (Wildman–Crippen MR) is 170 cm³/mol. The lowest BCUT2D eigenvalue weighted by Gasteiger charge is -2.34. The van der Waals surface area contributed by atoms with Gasteiger partial charge in [-0.05, 0) is 67.4 Å². The van der Waals surface area contributed by atoms with Gasteiger partial charge in [-0.2, -0.15) is 5.10 Å². The molecule has 5 aromatic rings. The van der Waals surface area contributed by atoms with E-state index in [0.29, 0.717) is 6.54 Å². The third-order valence-corrected chi connectivity index (χ3v) is 8.93. The second-order valence-corrected chi connectivity index (χ2v) is 11.4. The number of carbonyl (C=O) groups excluding carboxylic acids is 1. The van der Waals surface area contributed by atoms with Gasteiger partial charge < -0.3 is 19.7 Å². The molecule has 0 aliphatic carbocycles. The fraction of sp³-hybridized carbons (Fsp3) is 0.265. The molecule has 5 heterocycles. The minimum Gasteiger partial charge on any atom is -0.369 e. The molecule has 8 nitrogen and oxygen atoms in total. The van der Waals surface area contributed by atoms with E-state index in [1.807, 2.05) is 29.0 Å². The average Bonchev–Trinajstić information content (AvgIpc) is 3.71. The number of aromatic amines is 1. The number of H-pyrrole nitrogens is 1. The van der Waals surface area contributed by atoms with Crippen LogP contribution < -0.4 is 9.80 Å². The highest BCUT2D eigenvalue weighted by Crippen LogP contribution is 2.42. The van der Waals surface area contributed by atoms with Crippen molar-refractivity contribution in [1.82, 2.24) is 24.6 Å². The van der Waals surface area contributed by atoms with E-state index in [1.165, 1.54) is 17.3 Å². The predicted octanol–water partition coefficient (Wildman–Crippen LogP) is 5.43. The van der Waals surface area contributed by atoms with Crippen LogP contribution in [0.2, 0.25) is 0 Å². The van der Waals surface area contributed by atoms with Crippen molar-refractivity contribution in [3.05, 3.63) is 84.8 Å². The van der Waals surface area contributed by atoms with Crippen LogP contribution in [-0.2, 0) is 18.3 Å². The molecule has 3 aromatic heterocycles. The van der Waals surface area contributed by atoms with Crippen molar-refractivity contribution in [2.24, 2.45) is 7.05 Å². The molecule has 0 bridgehead atoms. The summed E-state index contributed by atoms with van der Waals surface area (Å²) in [5.74, 6) is -0.0689.